The van der Waals surface area contributed by atoms with Gasteiger partial charge in [0.2, 0.25) is 0 Å². The number of fused-ring (bicyclic) bond motifs is 3. The van der Waals surface area contributed by atoms with Crippen LogP contribution >= 0.6 is 0 Å². The molecule has 10 rings (SSSR count). The van der Waals surface area contributed by atoms with Crippen molar-refractivity contribution in [2.24, 2.45) is 4.99 Å². The zero-order valence-electron chi connectivity index (χ0n) is 33.4. The molecule has 61 heavy (non-hydrogen) atoms. The van der Waals surface area contributed by atoms with Crippen molar-refractivity contribution in [3.63, 3.8) is 0 Å². The van der Waals surface area contributed by atoms with Crippen LogP contribution in [-0.4, -0.2) is 20.2 Å². The van der Waals surface area contributed by atoms with Crippen LogP contribution in [0.3, 0.4) is 0 Å². The quantitative estimate of drug-likeness (QED) is 0.102. The summed E-state index contributed by atoms with van der Waals surface area (Å²) in [7, 11) is 0. The summed E-state index contributed by atoms with van der Waals surface area (Å²) in [6, 6.07) is 74.1. The lowest BCUT2D eigenvalue weighted by molar-refractivity contribution is 1.18. The smallest absolute Gasteiger partial charge is 0.160 e. The third kappa shape index (κ3) is 7.62. The predicted molar refractivity (Wildman–Crippen MR) is 256 cm³/mol. The molecular weight excluding hydrogens is 741 g/mol. The SMILES string of the molecule is C=C/C=C\C(=Nc1cccc(-c2ccc(-n3c4ccccc4c4ccccc43)cc2)c1)c1cccc(-c2ccc(-c3cc(-c4ccccc4)nc(-c4ccccc4)n3)cc2)c1. The molecule has 0 aliphatic heterocycles. The Balaban J connectivity index is 0.940. The maximum Gasteiger partial charge on any atom is 0.160 e. The summed E-state index contributed by atoms with van der Waals surface area (Å²) >= 11 is 0. The lowest BCUT2D eigenvalue weighted by Gasteiger charge is -2.11. The molecule has 0 bridgehead atoms. The molecule has 10 aromatic rings. The van der Waals surface area contributed by atoms with E-state index in [2.05, 4.69) is 187 Å². The van der Waals surface area contributed by atoms with Gasteiger partial charge in [0, 0.05) is 38.7 Å². The van der Waals surface area contributed by atoms with Crippen LogP contribution in [0.1, 0.15) is 5.56 Å². The van der Waals surface area contributed by atoms with Gasteiger partial charge in [-0.15, -0.1) is 0 Å². The van der Waals surface area contributed by atoms with Crippen molar-refractivity contribution in [3.8, 4) is 61.8 Å². The van der Waals surface area contributed by atoms with Crippen LogP contribution in [-0.2, 0) is 0 Å². The first-order valence-electron chi connectivity index (χ1n) is 20.5. The Morgan fingerprint density at radius 2 is 0.951 bits per heavy atom. The monoisotopic (exact) mass is 780 g/mol. The number of benzene rings is 8. The molecule has 8 aromatic carbocycles. The molecule has 0 aliphatic rings. The lowest BCUT2D eigenvalue weighted by Crippen LogP contribution is -1.97. The van der Waals surface area contributed by atoms with Gasteiger partial charge in [0.05, 0.1) is 33.8 Å². The minimum absolute atomic E-state index is 0.701. The van der Waals surface area contributed by atoms with E-state index in [4.69, 9.17) is 15.0 Å². The molecule has 0 fully saturated rings. The zero-order valence-corrected chi connectivity index (χ0v) is 33.4. The zero-order chi connectivity index (χ0) is 41.0. The van der Waals surface area contributed by atoms with Gasteiger partial charge < -0.3 is 4.57 Å². The number of allylic oxidation sites excluding steroid dienone is 3. The van der Waals surface area contributed by atoms with E-state index in [0.717, 1.165) is 73.0 Å². The van der Waals surface area contributed by atoms with Crippen LogP contribution in [0.15, 0.2) is 242 Å². The Hall–Kier alpha value is -8.21. The van der Waals surface area contributed by atoms with Crippen molar-refractivity contribution in [1.82, 2.24) is 14.5 Å². The van der Waals surface area contributed by atoms with Crippen LogP contribution in [0, 0.1) is 0 Å². The summed E-state index contributed by atoms with van der Waals surface area (Å²) in [5, 5.41) is 2.51. The highest BCUT2D eigenvalue weighted by molar-refractivity contribution is 6.11. The van der Waals surface area contributed by atoms with Gasteiger partial charge in [-0.05, 0) is 76.9 Å². The highest BCUT2D eigenvalue weighted by Gasteiger charge is 2.14. The number of aliphatic imine (C=N–C) groups is 1. The van der Waals surface area contributed by atoms with Gasteiger partial charge in [-0.2, -0.15) is 0 Å². The van der Waals surface area contributed by atoms with Crippen LogP contribution < -0.4 is 0 Å². The first-order valence-corrected chi connectivity index (χ1v) is 20.5. The number of hydrogen-bond acceptors (Lipinski definition) is 3. The van der Waals surface area contributed by atoms with E-state index in [0.29, 0.717) is 5.82 Å². The summed E-state index contributed by atoms with van der Waals surface area (Å²) in [5.41, 5.74) is 15.5. The maximum absolute atomic E-state index is 5.20. The number of para-hydroxylation sites is 2. The molecule has 0 radical (unpaired) electrons. The Kier molecular flexibility index (Phi) is 10.1. The van der Waals surface area contributed by atoms with Gasteiger partial charge >= 0.3 is 0 Å². The van der Waals surface area contributed by atoms with Crippen LogP contribution in [0.4, 0.5) is 5.69 Å². The molecule has 0 spiro atoms. The van der Waals surface area contributed by atoms with Crippen molar-refractivity contribution in [2.75, 3.05) is 0 Å². The molecule has 0 unspecified atom stereocenters. The molecule has 4 heteroatoms. The topological polar surface area (TPSA) is 43.1 Å². The highest BCUT2D eigenvalue weighted by Crippen LogP contribution is 2.34. The fourth-order valence-electron chi connectivity index (χ4n) is 8.01. The van der Waals surface area contributed by atoms with E-state index >= 15 is 0 Å². The third-order valence-electron chi connectivity index (χ3n) is 11.0. The van der Waals surface area contributed by atoms with Crippen molar-refractivity contribution in [3.05, 3.63) is 243 Å². The summed E-state index contributed by atoms with van der Waals surface area (Å²) in [6.07, 6.45) is 5.74. The Morgan fingerprint density at radius 3 is 1.59 bits per heavy atom. The van der Waals surface area contributed by atoms with Crippen molar-refractivity contribution in [2.45, 2.75) is 0 Å². The molecule has 2 aromatic heterocycles. The second-order valence-corrected chi connectivity index (χ2v) is 14.9. The summed E-state index contributed by atoms with van der Waals surface area (Å²) in [4.78, 5) is 15.2. The first-order chi connectivity index (χ1) is 30.2. The second kappa shape index (κ2) is 16.6. The van der Waals surface area contributed by atoms with E-state index in [9.17, 15) is 0 Å². The van der Waals surface area contributed by atoms with E-state index in [1.807, 2.05) is 48.6 Å². The van der Waals surface area contributed by atoms with Crippen LogP contribution in [0.2, 0.25) is 0 Å². The van der Waals surface area contributed by atoms with Gasteiger partial charge in [-0.1, -0.05) is 183 Å². The summed E-state index contributed by atoms with van der Waals surface area (Å²) in [6.45, 7) is 3.94. The second-order valence-electron chi connectivity index (χ2n) is 14.9. The molecule has 288 valence electrons. The first kappa shape index (κ1) is 37.1. The van der Waals surface area contributed by atoms with Gasteiger partial charge in [-0.3, -0.25) is 0 Å². The highest BCUT2D eigenvalue weighted by atomic mass is 15.0. The molecule has 0 saturated carbocycles. The fourth-order valence-corrected chi connectivity index (χ4v) is 8.01. The number of rotatable bonds is 10. The minimum Gasteiger partial charge on any atom is -0.309 e. The third-order valence-corrected chi connectivity index (χ3v) is 11.0. The standard InChI is InChI=1S/C57H40N4/c1-2-3-26-52(58-48-23-15-21-46(38-48)41-33-35-49(36-34-41)61-55-27-12-10-24-50(55)51-25-11-13-28-56(51)61)47-22-14-20-45(37-47)40-29-31-43(32-30-40)54-39-53(42-16-6-4-7-17-42)59-57(60-54)44-18-8-5-9-19-44/h2-39H,1H2/b26-3-,58-52?. The average Bonchev–Trinajstić information content (AvgIpc) is 3.68. The molecule has 4 nitrogen and oxygen atoms in total. The van der Waals surface area contributed by atoms with Crippen LogP contribution in [0.25, 0.3) is 83.6 Å². The summed E-state index contributed by atoms with van der Waals surface area (Å²) < 4.78 is 2.34. The number of aromatic nitrogens is 3. The molecule has 0 atom stereocenters. The number of nitrogens with zero attached hydrogens (tertiary/aromatic N) is 4. The predicted octanol–water partition coefficient (Wildman–Crippen LogP) is 14.8. The lowest BCUT2D eigenvalue weighted by atomic mass is 9.98. The Bertz CT molecular complexity index is 3120. The van der Waals surface area contributed by atoms with Gasteiger partial charge in [0.1, 0.15) is 0 Å². The van der Waals surface area contributed by atoms with Crippen molar-refractivity contribution >= 4 is 33.2 Å². The van der Waals surface area contributed by atoms with Gasteiger partial charge in [0.25, 0.3) is 0 Å². The molecular formula is C57H40N4. The molecule has 0 aliphatic carbocycles. The fraction of sp³-hybridized carbons (Fsp3) is 0. The van der Waals surface area contributed by atoms with E-state index < -0.39 is 0 Å². The molecule has 2 heterocycles. The van der Waals surface area contributed by atoms with E-state index in [1.54, 1.807) is 6.08 Å². The van der Waals surface area contributed by atoms with Gasteiger partial charge in [-0.25, -0.2) is 15.0 Å². The van der Waals surface area contributed by atoms with Crippen molar-refractivity contribution in [1.29, 1.82) is 0 Å². The number of hydrogen-bond donors (Lipinski definition) is 0. The van der Waals surface area contributed by atoms with Gasteiger partial charge in [0.15, 0.2) is 5.82 Å². The molecule has 0 N–H and O–H groups in total. The normalized spacial score (nSPS) is 11.7. The van der Waals surface area contributed by atoms with E-state index in [1.165, 1.54) is 21.8 Å². The van der Waals surface area contributed by atoms with E-state index in [-0.39, 0.29) is 0 Å². The van der Waals surface area contributed by atoms with Crippen molar-refractivity contribution < 1.29 is 0 Å². The Labute approximate surface area is 355 Å². The minimum atomic E-state index is 0.701. The summed E-state index contributed by atoms with van der Waals surface area (Å²) in [5.74, 6) is 0.701. The largest absolute Gasteiger partial charge is 0.309 e. The molecule has 0 saturated heterocycles. The maximum atomic E-state index is 5.20. The molecule has 0 amide bonds. The Morgan fingerprint density at radius 1 is 0.443 bits per heavy atom. The van der Waals surface area contributed by atoms with Crippen LogP contribution in [0.5, 0.6) is 0 Å². The average molecular weight is 781 g/mol.